The number of carbonyl (C=O) groups excluding carboxylic acids is 3. The average Bonchev–Trinajstić information content (AvgIpc) is 3.04. The van der Waals surface area contributed by atoms with Crippen LogP contribution in [0, 0.1) is 20.2 Å². The van der Waals surface area contributed by atoms with Crippen LogP contribution in [0.5, 0.6) is 5.75 Å². The minimum absolute atomic E-state index is 0.105. The number of nitrogens with one attached hydrogen (secondary N) is 1. The topological polar surface area (TPSA) is 75.7 Å². The smallest absolute Gasteiger partial charge is 0.263 e. The first kappa shape index (κ1) is 27.4. The fraction of sp³-hybridized carbons (Fsp3) is 0.348. The van der Waals surface area contributed by atoms with Gasteiger partial charge in [0.1, 0.15) is 11.8 Å². The van der Waals surface area contributed by atoms with E-state index in [1.54, 1.807) is 24.3 Å². The van der Waals surface area contributed by atoms with E-state index in [0.717, 1.165) is 31.4 Å². The van der Waals surface area contributed by atoms with E-state index in [9.17, 15) is 14.4 Å². The van der Waals surface area contributed by atoms with Gasteiger partial charge in [0, 0.05) is 20.0 Å². The summed E-state index contributed by atoms with van der Waals surface area (Å²) in [5.41, 5.74) is 1.38. The molecule has 0 fully saturated rings. The Morgan fingerprint density at radius 3 is 1.91 bits per heavy atom. The van der Waals surface area contributed by atoms with Crippen LogP contribution < -0.4 is 10.1 Å². The maximum atomic E-state index is 13.5. The summed E-state index contributed by atoms with van der Waals surface area (Å²) in [6.45, 7) is 6.60. The van der Waals surface area contributed by atoms with E-state index < -0.39 is 17.9 Å². The molecule has 0 saturated heterocycles. The average molecular weight is 898 g/mol. The van der Waals surface area contributed by atoms with E-state index in [2.05, 4.69) is 95.7 Å². The van der Waals surface area contributed by atoms with Gasteiger partial charge < -0.3 is 10.1 Å². The Morgan fingerprint density at radius 1 is 0.939 bits per heavy atom. The number of carbonyl (C=O) groups is 3. The first-order valence-electron chi connectivity index (χ1n) is 10.4. The van der Waals surface area contributed by atoms with Gasteiger partial charge in [0.05, 0.1) is 17.7 Å². The molecule has 0 saturated carbocycles. The Labute approximate surface area is 247 Å². The van der Waals surface area contributed by atoms with Crippen LogP contribution in [0.2, 0.25) is 0 Å². The molecule has 0 bridgehead atoms. The van der Waals surface area contributed by atoms with Crippen LogP contribution in [0.3, 0.4) is 0 Å². The van der Waals surface area contributed by atoms with Gasteiger partial charge in [-0.3, -0.25) is 19.3 Å². The van der Waals surface area contributed by atoms with E-state index in [0.29, 0.717) is 29.8 Å². The third kappa shape index (κ3) is 5.78. The second-order valence-electron chi connectivity index (χ2n) is 7.99. The zero-order chi connectivity index (χ0) is 24.4. The van der Waals surface area contributed by atoms with Crippen molar-refractivity contribution in [3.05, 3.63) is 49.7 Å². The van der Waals surface area contributed by atoms with Crippen molar-refractivity contribution in [1.29, 1.82) is 0 Å². The summed E-state index contributed by atoms with van der Waals surface area (Å²) in [6, 6.07) is 6.19. The number of rotatable bonds is 8. The Morgan fingerprint density at radius 2 is 1.45 bits per heavy atom. The molecule has 0 radical (unpaired) electrons. The van der Waals surface area contributed by atoms with Crippen molar-refractivity contribution >= 4 is 114 Å². The number of fused-ring (bicyclic) bond motifs is 1. The third-order valence-corrected chi connectivity index (χ3v) is 12.4. The van der Waals surface area contributed by atoms with Gasteiger partial charge in [-0.05, 0) is 133 Å². The summed E-state index contributed by atoms with van der Waals surface area (Å²) in [7, 11) is 0. The molecule has 3 rings (SSSR count). The van der Waals surface area contributed by atoms with Crippen LogP contribution in [0.1, 0.15) is 54.3 Å². The molecule has 3 amide bonds. The summed E-state index contributed by atoms with van der Waals surface area (Å²) >= 11 is 8.63. The Balaban J connectivity index is 1.92. The number of amides is 3. The molecule has 1 aliphatic rings. The lowest BCUT2D eigenvalue weighted by Crippen LogP contribution is -2.48. The summed E-state index contributed by atoms with van der Waals surface area (Å²) in [5.74, 6) is -0.364. The molecule has 1 N–H and O–H groups in total. The molecule has 6 nitrogen and oxygen atoms in total. The molecule has 1 heterocycles. The molecule has 176 valence electrons. The zero-order valence-corrected chi connectivity index (χ0v) is 26.8. The first-order chi connectivity index (χ1) is 15.6. The number of ether oxygens (including phenoxy) is 1. The molecular formula is C23H22I4N2O4. The minimum atomic E-state index is -0.907. The molecule has 2 aromatic carbocycles. The normalized spacial score (nSPS) is 14.0. The van der Waals surface area contributed by atoms with E-state index in [4.69, 9.17) is 4.74 Å². The molecule has 2 aromatic rings. The number of hydrogen-bond acceptors (Lipinski definition) is 4. The van der Waals surface area contributed by atoms with Gasteiger partial charge >= 0.3 is 0 Å². The number of anilines is 1. The van der Waals surface area contributed by atoms with Crippen LogP contribution in [-0.2, 0) is 4.79 Å². The highest BCUT2D eigenvalue weighted by molar-refractivity contribution is 14.1. The van der Waals surface area contributed by atoms with Gasteiger partial charge in [-0.1, -0.05) is 20.8 Å². The Kier molecular flexibility index (Phi) is 9.67. The van der Waals surface area contributed by atoms with Crippen LogP contribution in [-0.4, -0.2) is 35.3 Å². The van der Waals surface area contributed by atoms with Crippen LogP contribution in [0.15, 0.2) is 24.3 Å². The van der Waals surface area contributed by atoms with E-state index in [1.165, 1.54) is 0 Å². The second kappa shape index (κ2) is 11.7. The first-order valence-corrected chi connectivity index (χ1v) is 14.7. The fourth-order valence-corrected chi connectivity index (χ4v) is 7.16. The molecule has 0 unspecified atom stereocenters. The molecule has 0 aliphatic carbocycles. The zero-order valence-electron chi connectivity index (χ0n) is 18.2. The molecule has 10 heteroatoms. The van der Waals surface area contributed by atoms with Gasteiger partial charge in [-0.15, -0.1) is 0 Å². The van der Waals surface area contributed by atoms with Gasteiger partial charge in [0.2, 0.25) is 5.91 Å². The Bertz CT molecular complexity index is 1060. The monoisotopic (exact) mass is 898 g/mol. The van der Waals surface area contributed by atoms with Crippen molar-refractivity contribution in [2.45, 2.75) is 39.7 Å². The molecule has 1 aliphatic heterocycles. The number of hydrogen-bond donors (Lipinski definition) is 1. The fourth-order valence-electron chi connectivity index (χ4n) is 3.51. The largest absolute Gasteiger partial charge is 0.494 e. The predicted molar refractivity (Wildman–Crippen MR) is 162 cm³/mol. The molecule has 1 atom stereocenters. The lowest BCUT2D eigenvalue weighted by atomic mass is 10.0. The molecule has 33 heavy (non-hydrogen) atoms. The van der Waals surface area contributed by atoms with Gasteiger partial charge in [-0.2, -0.15) is 0 Å². The standard InChI is InChI=1S/C23H22I4N2O4/c1-4-9-33-13-7-5-12(6-8-13)28-21(30)14(10-11(2)3)29-22(31)15-16(23(29)32)18(25)20(27)19(26)17(15)24/h5-8,11,14H,4,9-10H2,1-3H3,(H,28,30)/t14-/m1/s1. The quantitative estimate of drug-likeness (QED) is 0.142. The lowest BCUT2D eigenvalue weighted by molar-refractivity contribution is -0.120. The molecule has 0 spiro atoms. The van der Waals surface area contributed by atoms with Crippen molar-refractivity contribution in [2.24, 2.45) is 5.92 Å². The number of halogens is 4. The highest BCUT2D eigenvalue weighted by atomic mass is 127. The highest BCUT2D eigenvalue weighted by Crippen LogP contribution is 2.39. The van der Waals surface area contributed by atoms with E-state index in [1.807, 2.05) is 20.8 Å². The SMILES string of the molecule is CCCOc1ccc(NC(=O)[C@@H](CC(C)C)N2C(=O)c3c(I)c(I)c(I)c(I)c3C2=O)cc1. The van der Waals surface area contributed by atoms with E-state index >= 15 is 0 Å². The molecule has 0 aromatic heterocycles. The van der Waals surface area contributed by atoms with Crippen LogP contribution in [0.25, 0.3) is 0 Å². The molecular weight excluding hydrogens is 876 g/mol. The number of imide groups is 1. The Hall–Kier alpha value is -0.230. The van der Waals surface area contributed by atoms with Crippen LogP contribution >= 0.6 is 90.4 Å². The van der Waals surface area contributed by atoms with Crippen molar-refractivity contribution in [2.75, 3.05) is 11.9 Å². The summed E-state index contributed by atoms with van der Waals surface area (Å²) in [5, 5.41) is 2.88. The number of benzene rings is 2. The highest BCUT2D eigenvalue weighted by Gasteiger charge is 2.46. The maximum absolute atomic E-state index is 13.5. The third-order valence-electron chi connectivity index (χ3n) is 5.04. The van der Waals surface area contributed by atoms with Crippen molar-refractivity contribution in [3.63, 3.8) is 0 Å². The van der Waals surface area contributed by atoms with Gasteiger partial charge in [-0.25, -0.2) is 0 Å². The minimum Gasteiger partial charge on any atom is -0.494 e. The van der Waals surface area contributed by atoms with Gasteiger partial charge in [0.25, 0.3) is 11.8 Å². The van der Waals surface area contributed by atoms with Gasteiger partial charge in [0.15, 0.2) is 0 Å². The summed E-state index contributed by atoms with van der Waals surface area (Å²) in [4.78, 5) is 41.4. The number of nitrogens with zero attached hydrogens (tertiary/aromatic N) is 1. The lowest BCUT2D eigenvalue weighted by Gasteiger charge is -2.27. The maximum Gasteiger partial charge on any atom is 0.263 e. The van der Waals surface area contributed by atoms with E-state index in [-0.39, 0.29) is 11.8 Å². The van der Waals surface area contributed by atoms with Crippen molar-refractivity contribution in [3.8, 4) is 5.75 Å². The second-order valence-corrected chi connectivity index (χ2v) is 12.3. The summed E-state index contributed by atoms with van der Waals surface area (Å²) < 4.78 is 8.97. The summed E-state index contributed by atoms with van der Waals surface area (Å²) in [6.07, 6.45) is 1.28. The van der Waals surface area contributed by atoms with Crippen LogP contribution in [0.4, 0.5) is 5.69 Å². The predicted octanol–water partition coefficient (Wildman–Crippen LogP) is 6.54. The van der Waals surface area contributed by atoms with Crippen molar-refractivity contribution in [1.82, 2.24) is 4.90 Å². The van der Waals surface area contributed by atoms with Crippen molar-refractivity contribution < 1.29 is 19.1 Å².